The van der Waals surface area contributed by atoms with Crippen LogP contribution in [0.5, 0.6) is 17.2 Å². The van der Waals surface area contributed by atoms with Crippen LogP contribution in [0.15, 0.2) is 59.3 Å². The monoisotopic (exact) mass is 443 g/mol. The van der Waals surface area contributed by atoms with E-state index >= 15 is 0 Å². The summed E-state index contributed by atoms with van der Waals surface area (Å²) >= 11 is 3.39. The highest BCUT2D eigenvalue weighted by Crippen LogP contribution is 2.31. The molecule has 0 saturated heterocycles. The lowest BCUT2D eigenvalue weighted by molar-refractivity contribution is 0.0759. The van der Waals surface area contributed by atoms with Gasteiger partial charge in [0.2, 0.25) is 0 Å². The minimum absolute atomic E-state index is 0.161. The second kappa shape index (κ2) is 7.93. The number of nitrogens with one attached hydrogen (secondary N) is 1. The van der Waals surface area contributed by atoms with E-state index in [1.54, 1.807) is 42.4 Å². The SMILES string of the molecule is COc1ccc(Br)c(C(=O)Nc2cnn(C[C@H]3COc4ccccc4O3)c2)c1. The van der Waals surface area contributed by atoms with Gasteiger partial charge in [-0.1, -0.05) is 12.1 Å². The standard InChI is InChI=1S/C20H18BrN3O4/c1-26-14-6-7-17(21)16(8-14)20(25)23-13-9-22-24(10-13)11-15-12-27-18-4-2-3-5-19(18)28-15/h2-10,15H,11-12H2,1H3,(H,23,25)/t15-/m0/s1. The Bertz CT molecular complexity index is 1000. The highest BCUT2D eigenvalue weighted by molar-refractivity contribution is 9.10. The summed E-state index contributed by atoms with van der Waals surface area (Å²) in [6, 6.07) is 12.8. The Kier molecular flexibility index (Phi) is 5.21. The molecular weight excluding hydrogens is 426 g/mol. The third kappa shape index (κ3) is 3.96. The lowest BCUT2D eigenvalue weighted by atomic mass is 10.2. The van der Waals surface area contributed by atoms with Crippen LogP contribution in [0.2, 0.25) is 0 Å². The molecule has 7 nitrogen and oxygen atoms in total. The summed E-state index contributed by atoms with van der Waals surface area (Å²) in [6.45, 7) is 0.947. The molecule has 0 aliphatic carbocycles. The molecule has 4 rings (SSSR count). The van der Waals surface area contributed by atoms with E-state index in [1.165, 1.54) is 0 Å². The first-order valence-electron chi connectivity index (χ1n) is 8.68. The number of hydrogen-bond donors (Lipinski definition) is 1. The molecule has 1 aliphatic rings. The molecule has 144 valence electrons. The second-order valence-electron chi connectivity index (χ2n) is 6.25. The third-order valence-corrected chi connectivity index (χ3v) is 4.96. The first-order valence-corrected chi connectivity index (χ1v) is 9.47. The van der Waals surface area contributed by atoms with Crippen molar-refractivity contribution < 1.29 is 19.0 Å². The van der Waals surface area contributed by atoms with Gasteiger partial charge in [0, 0.05) is 10.7 Å². The van der Waals surface area contributed by atoms with E-state index in [1.807, 2.05) is 24.3 Å². The summed E-state index contributed by atoms with van der Waals surface area (Å²) in [5.41, 5.74) is 1.07. The van der Waals surface area contributed by atoms with Crippen LogP contribution in [0.4, 0.5) is 5.69 Å². The number of ether oxygens (including phenoxy) is 3. The van der Waals surface area contributed by atoms with Crippen LogP contribution in [0, 0.1) is 0 Å². The van der Waals surface area contributed by atoms with Crippen molar-refractivity contribution in [2.45, 2.75) is 12.6 Å². The summed E-state index contributed by atoms with van der Waals surface area (Å²) in [5.74, 6) is 1.83. The largest absolute Gasteiger partial charge is 0.497 e. The molecular formula is C20H18BrN3O4. The van der Waals surface area contributed by atoms with E-state index in [0.29, 0.717) is 34.6 Å². The van der Waals surface area contributed by atoms with E-state index < -0.39 is 0 Å². The van der Waals surface area contributed by atoms with Crippen molar-refractivity contribution in [3.63, 3.8) is 0 Å². The Morgan fingerprint density at radius 3 is 2.96 bits per heavy atom. The van der Waals surface area contributed by atoms with Crippen molar-refractivity contribution in [2.24, 2.45) is 0 Å². The molecule has 28 heavy (non-hydrogen) atoms. The number of carbonyl (C=O) groups is 1. The van der Waals surface area contributed by atoms with E-state index in [9.17, 15) is 4.79 Å². The Balaban J connectivity index is 1.40. The Morgan fingerprint density at radius 2 is 2.14 bits per heavy atom. The molecule has 0 unspecified atom stereocenters. The molecule has 1 amide bonds. The minimum Gasteiger partial charge on any atom is -0.497 e. The Labute approximate surface area is 170 Å². The fraction of sp³-hybridized carbons (Fsp3) is 0.200. The lowest BCUT2D eigenvalue weighted by Crippen LogP contribution is -2.33. The van der Waals surface area contributed by atoms with Crippen LogP contribution in [0.3, 0.4) is 0 Å². The van der Waals surface area contributed by atoms with Crippen LogP contribution in [0.1, 0.15) is 10.4 Å². The number of nitrogens with zero attached hydrogens (tertiary/aromatic N) is 2. The van der Waals surface area contributed by atoms with Crippen molar-refractivity contribution >= 4 is 27.5 Å². The predicted molar refractivity (Wildman–Crippen MR) is 107 cm³/mol. The number of rotatable bonds is 5. The molecule has 1 N–H and O–H groups in total. The zero-order chi connectivity index (χ0) is 19.5. The smallest absolute Gasteiger partial charge is 0.257 e. The molecule has 1 aliphatic heterocycles. The number of benzene rings is 2. The Hall–Kier alpha value is -3.00. The first-order chi connectivity index (χ1) is 13.6. The highest BCUT2D eigenvalue weighted by atomic mass is 79.9. The van der Waals surface area contributed by atoms with Gasteiger partial charge < -0.3 is 19.5 Å². The van der Waals surface area contributed by atoms with Gasteiger partial charge in [0.05, 0.1) is 31.1 Å². The summed E-state index contributed by atoms with van der Waals surface area (Å²) in [7, 11) is 1.56. The molecule has 1 aromatic heterocycles. The number of para-hydroxylation sites is 2. The zero-order valence-corrected chi connectivity index (χ0v) is 16.7. The predicted octanol–water partition coefficient (Wildman–Crippen LogP) is 3.75. The molecule has 2 heterocycles. The van der Waals surface area contributed by atoms with E-state index in [-0.39, 0.29) is 12.0 Å². The van der Waals surface area contributed by atoms with Gasteiger partial charge in [-0.2, -0.15) is 5.10 Å². The molecule has 0 fully saturated rings. The maximum Gasteiger partial charge on any atom is 0.257 e. The Morgan fingerprint density at radius 1 is 1.32 bits per heavy atom. The maximum absolute atomic E-state index is 12.6. The number of fused-ring (bicyclic) bond motifs is 1. The third-order valence-electron chi connectivity index (χ3n) is 4.27. The van der Waals surface area contributed by atoms with Crippen molar-refractivity contribution in [1.82, 2.24) is 9.78 Å². The van der Waals surface area contributed by atoms with Gasteiger partial charge in [0.25, 0.3) is 5.91 Å². The second-order valence-corrected chi connectivity index (χ2v) is 7.10. The zero-order valence-electron chi connectivity index (χ0n) is 15.1. The molecule has 2 aromatic carbocycles. The van der Waals surface area contributed by atoms with Gasteiger partial charge in [-0.15, -0.1) is 0 Å². The number of aromatic nitrogens is 2. The van der Waals surface area contributed by atoms with Gasteiger partial charge in [-0.3, -0.25) is 9.48 Å². The average Bonchev–Trinajstić information content (AvgIpc) is 3.15. The van der Waals surface area contributed by atoms with Gasteiger partial charge >= 0.3 is 0 Å². The quantitative estimate of drug-likeness (QED) is 0.649. The number of hydrogen-bond acceptors (Lipinski definition) is 5. The molecule has 0 radical (unpaired) electrons. The van der Waals surface area contributed by atoms with Crippen LogP contribution in [-0.4, -0.2) is 35.5 Å². The number of carbonyl (C=O) groups excluding carboxylic acids is 1. The molecule has 0 bridgehead atoms. The molecule has 0 spiro atoms. The fourth-order valence-corrected chi connectivity index (χ4v) is 3.32. The molecule has 0 saturated carbocycles. The molecule has 8 heteroatoms. The van der Waals surface area contributed by atoms with Crippen LogP contribution in [0.25, 0.3) is 0 Å². The van der Waals surface area contributed by atoms with Crippen LogP contribution < -0.4 is 19.5 Å². The lowest BCUT2D eigenvalue weighted by Gasteiger charge is -2.26. The van der Waals surface area contributed by atoms with Gasteiger partial charge in [-0.05, 0) is 46.3 Å². The maximum atomic E-state index is 12.6. The summed E-state index contributed by atoms with van der Waals surface area (Å²) in [6.07, 6.45) is 3.20. The average molecular weight is 444 g/mol. The van der Waals surface area contributed by atoms with Crippen molar-refractivity contribution in [1.29, 1.82) is 0 Å². The van der Waals surface area contributed by atoms with E-state index in [2.05, 4.69) is 26.3 Å². The van der Waals surface area contributed by atoms with Crippen LogP contribution in [-0.2, 0) is 6.54 Å². The number of anilines is 1. The number of halogens is 1. The summed E-state index contributed by atoms with van der Waals surface area (Å²) in [4.78, 5) is 12.6. The number of amides is 1. The topological polar surface area (TPSA) is 74.6 Å². The summed E-state index contributed by atoms with van der Waals surface area (Å²) < 4.78 is 19.2. The highest BCUT2D eigenvalue weighted by Gasteiger charge is 2.21. The fourth-order valence-electron chi connectivity index (χ4n) is 2.89. The number of methoxy groups -OCH3 is 1. The molecule has 1 atom stereocenters. The normalized spacial score (nSPS) is 15.1. The van der Waals surface area contributed by atoms with Crippen molar-refractivity contribution in [3.8, 4) is 17.2 Å². The van der Waals surface area contributed by atoms with Crippen LogP contribution >= 0.6 is 15.9 Å². The minimum atomic E-state index is -0.253. The van der Waals surface area contributed by atoms with E-state index in [4.69, 9.17) is 14.2 Å². The van der Waals surface area contributed by atoms with Gasteiger partial charge in [-0.25, -0.2) is 0 Å². The summed E-state index contributed by atoms with van der Waals surface area (Å²) in [5, 5.41) is 7.14. The van der Waals surface area contributed by atoms with Crippen molar-refractivity contribution in [3.05, 3.63) is 64.9 Å². The van der Waals surface area contributed by atoms with Gasteiger partial charge in [0.15, 0.2) is 17.6 Å². The van der Waals surface area contributed by atoms with Gasteiger partial charge in [0.1, 0.15) is 12.4 Å². The first kappa shape index (κ1) is 18.4. The van der Waals surface area contributed by atoms with E-state index in [0.717, 1.165) is 11.5 Å². The van der Waals surface area contributed by atoms with Crippen molar-refractivity contribution in [2.75, 3.05) is 19.0 Å². The molecule has 3 aromatic rings.